The van der Waals surface area contributed by atoms with Gasteiger partial charge in [0, 0.05) is 10.0 Å². The third-order valence-corrected chi connectivity index (χ3v) is 4.70. The van der Waals surface area contributed by atoms with Crippen LogP contribution in [0.3, 0.4) is 0 Å². The van der Waals surface area contributed by atoms with Crippen molar-refractivity contribution in [1.82, 2.24) is 0 Å². The highest BCUT2D eigenvalue weighted by molar-refractivity contribution is 6.35. The number of nitrogens with two attached hydrogens (primary N) is 1. The number of aliphatic carboxylic acids is 1. The maximum absolute atomic E-state index is 10.6. The molecule has 1 aromatic heterocycles. The lowest BCUT2D eigenvalue weighted by molar-refractivity contribution is -0.152. The molecular weight excluding hydrogens is 445 g/mol. The molecule has 7 nitrogen and oxygen atoms in total. The lowest BCUT2D eigenvalue weighted by Gasteiger charge is -2.13. The van der Waals surface area contributed by atoms with Crippen molar-refractivity contribution in [3.8, 4) is 11.1 Å². The molecule has 2 aromatic carbocycles. The molecule has 1 heterocycles. The summed E-state index contributed by atoms with van der Waals surface area (Å²) in [4.78, 5) is 20.8. The van der Waals surface area contributed by atoms with E-state index in [1.54, 1.807) is 12.1 Å². The summed E-state index contributed by atoms with van der Waals surface area (Å²) < 4.78 is 4.62. The summed E-state index contributed by atoms with van der Waals surface area (Å²) in [7, 11) is 0. The topological polar surface area (TPSA) is 134 Å². The van der Waals surface area contributed by atoms with E-state index in [4.69, 9.17) is 34.0 Å². The van der Waals surface area contributed by atoms with Crippen molar-refractivity contribution in [3.63, 3.8) is 0 Å². The summed E-state index contributed by atoms with van der Waals surface area (Å²) in [5, 5.41) is 28.6. The van der Waals surface area contributed by atoms with Crippen LogP contribution < -0.4 is 5.73 Å². The number of hydrogen-bond donors (Lipinski definition) is 4. The number of carbonyl (C=O) groups excluding carboxylic acids is 1. The van der Waals surface area contributed by atoms with Crippen molar-refractivity contribution in [2.24, 2.45) is 5.73 Å². The first kappa shape index (κ1) is 24.4. The van der Waals surface area contributed by atoms with Gasteiger partial charge in [0.25, 0.3) is 5.91 Å². The molecular formula is C22H21Cl2NO6. The van der Waals surface area contributed by atoms with Gasteiger partial charge in [-0.25, -0.2) is 4.79 Å². The molecule has 0 aliphatic rings. The number of amides is 1. The molecule has 9 heteroatoms. The number of furan rings is 1. The van der Waals surface area contributed by atoms with E-state index in [1.807, 2.05) is 36.4 Å². The molecule has 1 amide bonds. The summed E-state index contributed by atoms with van der Waals surface area (Å²) in [6.07, 6.45) is -1.03. The quantitative estimate of drug-likeness (QED) is 0.419. The predicted octanol–water partition coefficient (Wildman–Crippen LogP) is 3.78. The van der Waals surface area contributed by atoms with Crippen LogP contribution in [-0.2, 0) is 11.2 Å². The highest BCUT2D eigenvalue weighted by Gasteiger charge is 2.22. The fourth-order valence-electron chi connectivity index (χ4n) is 2.64. The Kier molecular flexibility index (Phi) is 9.08. The number of carbonyl (C=O) groups is 2. The van der Waals surface area contributed by atoms with Crippen LogP contribution in [0.5, 0.6) is 0 Å². The molecule has 0 bridgehead atoms. The number of carboxylic acids is 1. The average molecular weight is 466 g/mol. The fourth-order valence-corrected chi connectivity index (χ4v) is 3.17. The zero-order chi connectivity index (χ0) is 23.0. The average Bonchev–Trinajstić information content (AvgIpc) is 3.27. The van der Waals surface area contributed by atoms with Gasteiger partial charge in [-0.05, 0) is 59.9 Å². The first-order valence-electron chi connectivity index (χ1n) is 9.15. The van der Waals surface area contributed by atoms with E-state index < -0.39 is 24.1 Å². The maximum Gasteiger partial charge on any atom is 0.335 e. The summed E-state index contributed by atoms with van der Waals surface area (Å²) >= 11 is 12.0. The number of rotatable bonds is 7. The Bertz CT molecular complexity index is 985. The molecule has 2 atom stereocenters. The summed E-state index contributed by atoms with van der Waals surface area (Å²) in [6, 6.07) is 16.0. The van der Waals surface area contributed by atoms with Crippen LogP contribution in [0.4, 0.5) is 0 Å². The Morgan fingerprint density at radius 2 is 1.58 bits per heavy atom. The highest BCUT2D eigenvalue weighted by Crippen LogP contribution is 2.27. The third-order valence-electron chi connectivity index (χ3n) is 4.26. The molecule has 5 N–H and O–H groups in total. The van der Waals surface area contributed by atoms with Gasteiger partial charge in [-0.15, -0.1) is 0 Å². The van der Waals surface area contributed by atoms with Crippen molar-refractivity contribution < 1.29 is 29.3 Å². The van der Waals surface area contributed by atoms with Crippen LogP contribution in [0, 0.1) is 0 Å². The van der Waals surface area contributed by atoms with E-state index in [-0.39, 0.29) is 12.2 Å². The molecule has 0 saturated carbocycles. The molecule has 0 radical (unpaired) electrons. The van der Waals surface area contributed by atoms with Crippen molar-refractivity contribution in [3.05, 3.63) is 82.2 Å². The number of aliphatic hydroxyl groups is 2. The number of hydrogen-bond acceptors (Lipinski definition) is 5. The number of aryl methyl sites for hydroxylation is 1. The van der Waals surface area contributed by atoms with Crippen molar-refractivity contribution in [2.45, 2.75) is 25.0 Å². The molecule has 0 aliphatic heterocycles. The molecule has 3 aromatic rings. The summed E-state index contributed by atoms with van der Waals surface area (Å²) in [5.41, 5.74) is 7.60. The first-order chi connectivity index (χ1) is 14.7. The van der Waals surface area contributed by atoms with E-state index in [0.29, 0.717) is 16.5 Å². The van der Waals surface area contributed by atoms with E-state index in [9.17, 15) is 19.8 Å². The van der Waals surface area contributed by atoms with Crippen LogP contribution in [0.25, 0.3) is 11.1 Å². The van der Waals surface area contributed by atoms with Gasteiger partial charge >= 0.3 is 5.97 Å². The minimum Gasteiger partial charge on any atom is -0.479 e. The second-order valence-electron chi connectivity index (χ2n) is 6.59. The van der Waals surface area contributed by atoms with Gasteiger partial charge in [-0.3, -0.25) is 4.79 Å². The molecule has 0 fully saturated rings. The molecule has 3 rings (SSSR count). The van der Waals surface area contributed by atoms with Gasteiger partial charge in [0.05, 0.1) is 12.4 Å². The van der Waals surface area contributed by atoms with Gasteiger partial charge in [0.1, 0.15) is 0 Å². The van der Waals surface area contributed by atoms with E-state index >= 15 is 0 Å². The van der Waals surface area contributed by atoms with Crippen LogP contribution >= 0.6 is 23.2 Å². The highest BCUT2D eigenvalue weighted by atomic mass is 35.5. The Labute approximate surface area is 188 Å². The second kappa shape index (κ2) is 11.5. The minimum atomic E-state index is -1.76. The van der Waals surface area contributed by atoms with Gasteiger partial charge < -0.3 is 25.5 Å². The third kappa shape index (κ3) is 7.73. The smallest absolute Gasteiger partial charge is 0.335 e. The lowest BCUT2D eigenvalue weighted by atomic mass is 10.00. The van der Waals surface area contributed by atoms with Crippen LogP contribution in [-0.4, -0.2) is 39.4 Å². The zero-order valence-corrected chi connectivity index (χ0v) is 17.8. The molecule has 0 aliphatic carbocycles. The summed E-state index contributed by atoms with van der Waals surface area (Å²) in [6.45, 7) is 0. The predicted molar refractivity (Wildman–Crippen MR) is 117 cm³/mol. The maximum atomic E-state index is 10.6. The minimum absolute atomic E-state index is 0.163. The van der Waals surface area contributed by atoms with E-state index in [1.165, 1.54) is 12.3 Å². The number of aliphatic hydroxyl groups excluding tert-OH is 2. The summed E-state index contributed by atoms with van der Waals surface area (Å²) in [5.74, 6) is -1.76. The van der Waals surface area contributed by atoms with Gasteiger partial charge in [0.2, 0.25) is 0 Å². The Morgan fingerprint density at radius 1 is 0.968 bits per heavy atom. The molecule has 2 unspecified atom stereocenters. The largest absolute Gasteiger partial charge is 0.479 e. The monoisotopic (exact) mass is 465 g/mol. The molecule has 0 spiro atoms. The Hall–Kier alpha value is -2.84. The van der Waals surface area contributed by atoms with Crippen LogP contribution in [0.2, 0.25) is 10.0 Å². The van der Waals surface area contributed by atoms with Crippen LogP contribution in [0.1, 0.15) is 22.5 Å². The Morgan fingerprint density at radius 3 is 2.03 bits per heavy atom. The van der Waals surface area contributed by atoms with Crippen molar-refractivity contribution in [2.75, 3.05) is 0 Å². The molecule has 0 saturated heterocycles. The second-order valence-corrected chi connectivity index (χ2v) is 7.46. The van der Waals surface area contributed by atoms with Gasteiger partial charge in [-0.2, -0.15) is 0 Å². The van der Waals surface area contributed by atoms with E-state index in [0.717, 1.165) is 16.7 Å². The first-order valence-corrected chi connectivity index (χ1v) is 9.90. The van der Waals surface area contributed by atoms with Gasteiger partial charge in [-0.1, -0.05) is 47.5 Å². The van der Waals surface area contributed by atoms with Crippen molar-refractivity contribution in [1.29, 1.82) is 0 Å². The van der Waals surface area contributed by atoms with Gasteiger partial charge in [0.15, 0.2) is 11.9 Å². The number of benzene rings is 2. The number of primary amides is 1. The standard InChI is InChI=1S/C17H16Cl2O4.C5H5NO2/c18-13-7-12(8-14(19)9-13)11-4-1-10(2-5-11)3-6-15(20)16(21)17(22)23;6-5(7)4-2-1-3-8-4/h1-2,4-5,7-9,15-16,20-21H,3,6H2,(H,22,23);1-3H,(H2,6,7). The normalized spacial score (nSPS) is 12.4. The Balaban J connectivity index is 0.000000357. The van der Waals surface area contributed by atoms with E-state index in [2.05, 4.69) is 4.42 Å². The molecule has 31 heavy (non-hydrogen) atoms. The SMILES string of the molecule is NC(=O)c1ccco1.O=C(O)C(O)C(O)CCc1ccc(-c2cc(Cl)cc(Cl)c2)cc1. The number of carboxylic acid groups (broad SMARTS) is 1. The van der Waals surface area contributed by atoms with Crippen molar-refractivity contribution >= 4 is 35.1 Å². The fraction of sp³-hybridized carbons (Fsp3) is 0.182. The zero-order valence-electron chi connectivity index (χ0n) is 16.2. The molecule has 164 valence electrons. The van der Waals surface area contributed by atoms with Crippen LogP contribution in [0.15, 0.2) is 65.3 Å². The lowest BCUT2D eigenvalue weighted by Crippen LogP contribution is -2.33. The number of halogens is 2.